The van der Waals surface area contributed by atoms with E-state index in [4.69, 9.17) is 0 Å². The maximum Gasteiger partial charge on any atom is 0.253 e. The number of hydrogen-bond donors (Lipinski definition) is 1. The van der Waals surface area contributed by atoms with Crippen molar-refractivity contribution in [3.05, 3.63) is 35.1 Å². The number of nitrogens with one attached hydrogen (secondary N) is 1. The third-order valence-electron chi connectivity index (χ3n) is 4.81. The molecule has 2 heterocycles. The summed E-state index contributed by atoms with van der Waals surface area (Å²) in [5.74, 6) is -0.328. The second kappa shape index (κ2) is 5.17. The van der Waals surface area contributed by atoms with Crippen molar-refractivity contribution in [1.82, 2.24) is 10.2 Å². The number of halogens is 1. The highest BCUT2D eigenvalue weighted by molar-refractivity contribution is 5.94. The van der Waals surface area contributed by atoms with E-state index in [2.05, 4.69) is 5.32 Å². The van der Waals surface area contributed by atoms with Crippen LogP contribution in [-0.2, 0) is 0 Å². The van der Waals surface area contributed by atoms with Gasteiger partial charge in [-0.05, 0) is 62.4 Å². The summed E-state index contributed by atoms with van der Waals surface area (Å²) in [4.78, 5) is 14.4. The number of likely N-dealkylation sites (tertiary alicyclic amines) is 1. The Morgan fingerprint density at radius 3 is 2.75 bits per heavy atom. The number of aryl methyl sites for hydroxylation is 1. The molecule has 2 aliphatic heterocycles. The lowest BCUT2D eigenvalue weighted by molar-refractivity contribution is 0.0761. The van der Waals surface area contributed by atoms with E-state index < -0.39 is 0 Å². The van der Waals surface area contributed by atoms with Crippen molar-refractivity contribution in [2.45, 2.75) is 26.2 Å². The summed E-state index contributed by atoms with van der Waals surface area (Å²) in [7, 11) is 0. The van der Waals surface area contributed by atoms with Crippen LogP contribution in [-0.4, -0.2) is 37.0 Å². The topological polar surface area (TPSA) is 32.3 Å². The van der Waals surface area contributed by atoms with Crippen molar-refractivity contribution >= 4 is 5.91 Å². The SMILES string of the molecule is Cc1ccc(C(=O)N2CCC3(CCNCC3)C2)cc1F. The van der Waals surface area contributed by atoms with Crippen LogP contribution in [0.4, 0.5) is 4.39 Å². The zero-order chi connectivity index (χ0) is 14.2. The molecule has 0 saturated carbocycles. The Morgan fingerprint density at radius 2 is 2.05 bits per heavy atom. The lowest BCUT2D eigenvalue weighted by Gasteiger charge is -2.33. The van der Waals surface area contributed by atoms with Gasteiger partial charge in [-0.1, -0.05) is 6.07 Å². The van der Waals surface area contributed by atoms with Gasteiger partial charge in [0.2, 0.25) is 0 Å². The number of benzene rings is 1. The largest absolute Gasteiger partial charge is 0.338 e. The summed E-state index contributed by atoms with van der Waals surface area (Å²) < 4.78 is 13.6. The molecule has 2 saturated heterocycles. The lowest BCUT2D eigenvalue weighted by Crippen LogP contribution is -2.39. The predicted molar refractivity (Wildman–Crippen MR) is 76.2 cm³/mol. The summed E-state index contributed by atoms with van der Waals surface area (Å²) in [5, 5.41) is 3.37. The van der Waals surface area contributed by atoms with E-state index in [1.54, 1.807) is 19.1 Å². The first kappa shape index (κ1) is 13.6. The molecule has 2 fully saturated rings. The van der Waals surface area contributed by atoms with Crippen molar-refractivity contribution in [2.75, 3.05) is 26.2 Å². The number of piperidine rings is 1. The summed E-state index contributed by atoms with van der Waals surface area (Å²) in [6, 6.07) is 4.78. The van der Waals surface area contributed by atoms with Crippen molar-refractivity contribution in [2.24, 2.45) is 5.41 Å². The molecule has 1 spiro atoms. The standard InChI is InChI=1S/C16H21FN2O/c1-12-2-3-13(10-14(12)17)15(20)19-9-6-16(11-19)4-7-18-8-5-16/h2-3,10,18H,4-9,11H2,1H3. The smallest absolute Gasteiger partial charge is 0.253 e. The van der Waals surface area contributed by atoms with Crippen molar-refractivity contribution in [3.63, 3.8) is 0 Å². The van der Waals surface area contributed by atoms with Gasteiger partial charge in [0.05, 0.1) is 0 Å². The molecule has 1 aromatic carbocycles. The fraction of sp³-hybridized carbons (Fsp3) is 0.562. The number of amides is 1. The van der Waals surface area contributed by atoms with Crippen LogP contribution in [0.5, 0.6) is 0 Å². The Kier molecular flexibility index (Phi) is 3.50. The van der Waals surface area contributed by atoms with Gasteiger partial charge in [-0.25, -0.2) is 4.39 Å². The Morgan fingerprint density at radius 1 is 1.30 bits per heavy atom. The third kappa shape index (κ3) is 2.44. The predicted octanol–water partition coefficient (Wildman–Crippen LogP) is 2.35. The van der Waals surface area contributed by atoms with E-state index in [1.165, 1.54) is 6.07 Å². The quantitative estimate of drug-likeness (QED) is 0.854. The third-order valence-corrected chi connectivity index (χ3v) is 4.81. The molecule has 0 radical (unpaired) electrons. The van der Waals surface area contributed by atoms with Crippen LogP contribution in [0.25, 0.3) is 0 Å². The Balaban J connectivity index is 1.73. The lowest BCUT2D eigenvalue weighted by atomic mass is 9.78. The molecule has 0 aliphatic carbocycles. The molecule has 4 heteroatoms. The van der Waals surface area contributed by atoms with Crippen LogP contribution in [0.1, 0.15) is 35.2 Å². The molecule has 1 amide bonds. The van der Waals surface area contributed by atoms with E-state index in [9.17, 15) is 9.18 Å². The normalized spacial score (nSPS) is 21.4. The summed E-state index contributed by atoms with van der Waals surface area (Å²) in [5.41, 5.74) is 1.35. The Bertz CT molecular complexity index is 523. The van der Waals surface area contributed by atoms with Crippen LogP contribution >= 0.6 is 0 Å². The highest BCUT2D eigenvalue weighted by atomic mass is 19.1. The van der Waals surface area contributed by atoms with E-state index in [0.717, 1.165) is 45.4 Å². The number of nitrogens with zero attached hydrogens (tertiary/aromatic N) is 1. The van der Waals surface area contributed by atoms with Crippen LogP contribution in [0, 0.1) is 18.2 Å². The molecule has 20 heavy (non-hydrogen) atoms. The molecule has 0 aromatic heterocycles. The van der Waals surface area contributed by atoms with Crippen LogP contribution in [0.15, 0.2) is 18.2 Å². The molecule has 2 aliphatic rings. The number of carbonyl (C=O) groups excluding carboxylic acids is 1. The van der Waals surface area contributed by atoms with Gasteiger partial charge in [-0.15, -0.1) is 0 Å². The molecule has 3 nitrogen and oxygen atoms in total. The minimum absolute atomic E-state index is 0.0284. The van der Waals surface area contributed by atoms with E-state index in [1.807, 2.05) is 4.90 Å². The average Bonchev–Trinajstić information content (AvgIpc) is 2.85. The van der Waals surface area contributed by atoms with Crippen molar-refractivity contribution < 1.29 is 9.18 Å². The first-order chi connectivity index (χ1) is 9.60. The zero-order valence-corrected chi connectivity index (χ0v) is 11.9. The molecule has 3 rings (SSSR count). The molecule has 1 aromatic rings. The highest BCUT2D eigenvalue weighted by Gasteiger charge is 2.40. The molecule has 108 valence electrons. The van der Waals surface area contributed by atoms with E-state index in [0.29, 0.717) is 16.5 Å². The van der Waals surface area contributed by atoms with Gasteiger partial charge in [0.25, 0.3) is 5.91 Å². The summed E-state index contributed by atoms with van der Waals surface area (Å²) >= 11 is 0. The Labute approximate surface area is 119 Å². The van der Waals surface area contributed by atoms with Crippen LogP contribution < -0.4 is 5.32 Å². The monoisotopic (exact) mass is 276 g/mol. The number of hydrogen-bond acceptors (Lipinski definition) is 2. The second-order valence-corrected chi connectivity index (χ2v) is 6.19. The summed E-state index contributed by atoms with van der Waals surface area (Å²) in [6.45, 7) is 5.42. The minimum atomic E-state index is -0.299. The molecule has 0 bridgehead atoms. The van der Waals surface area contributed by atoms with Gasteiger partial charge >= 0.3 is 0 Å². The first-order valence-corrected chi connectivity index (χ1v) is 7.36. The van der Waals surface area contributed by atoms with Crippen molar-refractivity contribution in [3.8, 4) is 0 Å². The number of rotatable bonds is 1. The highest BCUT2D eigenvalue weighted by Crippen LogP contribution is 2.39. The minimum Gasteiger partial charge on any atom is -0.338 e. The Hall–Kier alpha value is -1.42. The molecular formula is C16H21FN2O. The second-order valence-electron chi connectivity index (χ2n) is 6.19. The van der Waals surface area contributed by atoms with Crippen molar-refractivity contribution in [1.29, 1.82) is 0 Å². The van der Waals surface area contributed by atoms with Crippen LogP contribution in [0.3, 0.4) is 0 Å². The maximum atomic E-state index is 13.6. The fourth-order valence-electron chi connectivity index (χ4n) is 3.38. The molecule has 0 unspecified atom stereocenters. The maximum absolute atomic E-state index is 13.6. The zero-order valence-electron chi connectivity index (χ0n) is 11.9. The van der Waals surface area contributed by atoms with E-state index >= 15 is 0 Å². The molecule has 0 atom stereocenters. The summed E-state index contributed by atoms with van der Waals surface area (Å²) in [6.07, 6.45) is 3.35. The van der Waals surface area contributed by atoms with Gasteiger partial charge < -0.3 is 10.2 Å². The fourth-order valence-corrected chi connectivity index (χ4v) is 3.38. The first-order valence-electron chi connectivity index (χ1n) is 7.36. The number of carbonyl (C=O) groups is 1. The van der Waals surface area contributed by atoms with Gasteiger partial charge in [-0.3, -0.25) is 4.79 Å². The molecular weight excluding hydrogens is 255 g/mol. The van der Waals surface area contributed by atoms with E-state index in [-0.39, 0.29) is 11.7 Å². The molecule has 1 N–H and O–H groups in total. The average molecular weight is 276 g/mol. The van der Waals surface area contributed by atoms with Crippen LogP contribution in [0.2, 0.25) is 0 Å². The van der Waals surface area contributed by atoms with Gasteiger partial charge in [0.15, 0.2) is 0 Å². The van der Waals surface area contributed by atoms with Gasteiger partial charge in [-0.2, -0.15) is 0 Å². The van der Waals surface area contributed by atoms with Gasteiger partial charge in [0.1, 0.15) is 5.82 Å². The van der Waals surface area contributed by atoms with Gasteiger partial charge in [0, 0.05) is 18.7 Å².